The van der Waals surface area contributed by atoms with E-state index in [4.69, 9.17) is 17.0 Å². The topological polar surface area (TPSA) is 48.8 Å². The van der Waals surface area contributed by atoms with Gasteiger partial charge in [0, 0.05) is 18.0 Å². The quantitative estimate of drug-likeness (QED) is 0.465. The molecule has 0 aliphatic carbocycles. The van der Waals surface area contributed by atoms with Crippen LogP contribution in [-0.2, 0) is 5.88 Å². The normalized spacial score (nSPS) is 9.69. The molecule has 13 heavy (non-hydrogen) atoms. The Morgan fingerprint density at radius 1 is 1.77 bits per heavy atom. The average Bonchev–Trinajstić information content (AvgIpc) is 2.18. The summed E-state index contributed by atoms with van der Waals surface area (Å²) in [4.78, 5) is 3.96. The number of nitrogens with one attached hydrogen (secondary N) is 2. The van der Waals surface area contributed by atoms with Gasteiger partial charge in [0.25, 0.3) is 0 Å². The Balaban J connectivity index is 3.10. The Bertz CT molecular complexity index is 308. The number of hydrogen-bond acceptors (Lipinski definition) is 4. The van der Waals surface area contributed by atoms with Crippen LogP contribution in [0, 0.1) is 5.41 Å². The Labute approximate surface area is 84.6 Å². The standard InChI is InChI=1S/C7H7ClFN3S/c8-3-7-5(4-10)6(12-13-9)1-2-11-7/h1-2,4,10H,3H2,(H,11,12). The molecule has 0 radical (unpaired) electrons. The fourth-order valence-electron chi connectivity index (χ4n) is 0.915. The monoisotopic (exact) mass is 219 g/mol. The van der Waals surface area contributed by atoms with Crippen molar-refractivity contribution in [2.75, 3.05) is 4.72 Å². The number of anilines is 1. The van der Waals surface area contributed by atoms with Gasteiger partial charge in [-0.1, -0.05) is 0 Å². The molecule has 1 aromatic rings. The second kappa shape index (κ2) is 5.04. The van der Waals surface area contributed by atoms with E-state index in [1.807, 2.05) is 0 Å². The molecule has 0 aliphatic heterocycles. The molecule has 1 heterocycles. The number of alkyl halides is 1. The highest BCUT2D eigenvalue weighted by Gasteiger charge is 2.06. The first-order valence-electron chi connectivity index (χ1n) is 3.41. The lowest BCUT2D eigenvalue weighted by atomic mass is 10.2. The number of nitrogens with zero attached hydrogens (tertiary/aromatic N) is 1. The molecule has 0 amide bonds. The minimum atomic E-state index is -0.0207. The summed E-state index contributed by atoms with van der Waals surface area (Å²) in [5.41, 5.74) is 1.59. The second-order valence-corrected chi connectivity index (χ2v) is 2.80. The lowest BCUT2D eigenvalue weighted by molar-refractivity contribution is 0.942. The number of halogens is 2. The molecule has 0 saturated heterocycles. The van der Waals surface area contributed by atoms with Crippen molar-refractivity contribution in [2.45, 2.75) is 5.88 Å². The molecular formula is C7H7ClFN3S. The molecule has 0 unspecified atom stereocenters. The molecule has 1 rings (SSSR count). The zero-order chi connectivity index (χ0) is 9.68. The summed E-state index contributed by atoms with van der Waals surface area (Å²) in [6, 6.07) is 1.59. The summed E-state index contributed by atoms with van der Waals surface area (Å²) in [5.74, 6) is 0.206. The van der Waals surface area contributed by atoms with Gasteiger partial charge >= 0.3 is 0 Å². The van der Waals surface area contributed by atoms with Gasteiger partial charge in [-0.25, -0.2) is 0 Å². The van der Waals surface area contributed by atoms with Crippen LogP contribution in [0.2, 0.25) is 0 Å². The highest BCUT2D eigenvalue weighted by atomic mass is 35.5. The van der Waals surface area contributed by atoms with Crippen LogP contribution in [-0.4, -0.2) is 11.2 Å². The van der Waals surface area contributed by atoms with Crippen LogP contribution in [0.3, 0.4) is 0 Å². The first-order valence-corrected chi connectivity index (χ1v) is 4.66. The van der Waals surface area contributed by atoms with Gasteiger partial charge in [-0.15, -0.1) is 15.5 Å². The largest absolute Gasteiger partial charge is 0.308 e. The Morgan fingerprint density at radius 2 is 2.54 bits per heavy atom. The molecule has 0 saturated carbocycles. The predicted octanol–water partition coefficient (Wildman–Crippen LogP) is 2.76. The summed E-state index contributed by atoms with van der Waals surface area (Å²) >= 11 is 5.57. The molecule has 1 aromatic heterocycles. The molecule has 3 nitrogen and oxygen atoms in total. The van der Waals surface area contributed by atoms with Gasteiger partial charge in [0.15, 0.2) is 12.3 Å². The van der Waals surface area contributed by atoms with Crippen LogP contribution in [0.4, 0.5) is 9.57 Å². The number of aromatic nitrogens is 1. The Morgan fingerprint density at radius 3 is 3.08 bits per heavy atom. The molecule has 0 bridgehead atoms. The molecule has 0 fully saturated rings. The molecule has 70 valence electrons. The van der Waals surface area contributed by atoms with Gasteiger partial charge in [0.2, 0.25) is 0 Å². The van der Waals surface area contributed by atoms with Gasteiger partial charge in [-0.2, -0.15) is 0 Å². The van der Waals surface area contributed by atoms with Gasteiger partial charge in [0.05, 0.1) is 17.3 Å². The van der Waals surface area contributed by atoms with Crippen molar-refractivity contribution in [3.8, 4) is 0 Å². The van der Waals surface area contributed by atoms with E-state index >= 15 is 0 Å². The molecular weight excluding hydrogens is 213 g/mol. The third-order valence-electron chi connectivity index (χ3n) is 1.49. The highest BCUT2D eigenvalue weighted by Crippen LogP contribution is 2.20. The second-order valence-electron chi connectivity index (χ2n) is 2.18. The maximum atomic E-state index is 11.9. The van der Waals surface area contributed by atoms with E-state index < -0.39 is 0 Å². The zero-order valence-corrected chi connectivity index (χ0v) is 8.12. The van der Waals surface area contributed by atoms with Crippen LogP contribution < -0.4 is 4.72 Å². The van der Waals surface area contributed by atoms with Crippen LogP contribution in [0.1, 0.15) is 11.3 Å². The van der Waals surface area contributed by atoms with Crippen LogP contribution >= 0.6 is 23.9 Å². The maximum absolute atomic E-state index is 11.9. The predicted molar refractivity (Wildman–Crippen MR) is 54.0 cm³/mol. The van der Waals surface area contributed by atoms with E-state index in [-0.39, 0.29) is 18.2 Å². The maximum Gasteiger partial charge on any atom is 0.162 e. The number of pyridine rings is 1. The van der Waals surface area contributed by atoms with Crippen molar-refractivity contribution in [3.63, 3.8) is 0 Å². The van der Waals surface area contributed by atoms with Crippen LogP contribution in [0.25, 0.3) is 0 Å². The minimum absolute atomic E-state index is 0.0207. The summed E-state index contributed by atoms with van der Waals surface area (Å²) in [6.07, 6.45) is 2.62. The third-order valence-corrected chi connectivity index (χ3v) is 2.04. The SMILES string of the molecule is N=Cc1c(NSF)ccnc1CCl. The lowest BCUT2D eigenvalue weighted by Gasteiger charge is -2.06. The fourth-order valence-corrected chi connectivity index (χ4v) is 1.39. The number of rotatable bonds is 4. The van der Waals surface area contributed by atoms with Gasteiger partial charge < -0.3 is 10.1 Å². The molecule has 0 aliphatic rings. The molecule has 0 atom stereocenters. The first-order chi connectivity index (χ1) is 6.33. The smallest absolute Gasteiger partial charge is 0.162 e. The molecule has 0 spiro atoms. The first kappa shape index (κ1) is 10.3. The van der Waals surface area contributed by atoms with Crippen LogP contribution in [0.5, 0.6) is 0 Å². The van der Waals surface area contributed by atoms with E-state index in [0.29, 0.717) is 16.9 Å². The van der Waals surface area contributed by atoms with Crippen LogP contribution in [0.15, 0.2) is 12.3 Å². The van der Waals surface area contributed by atoms with E-state index in [9.17, 15) is 3.89 Å². The van der Waals surface area contributed by atoms with Gasteiger partial charge in [0.1, 0.15) is 0 Å². The van der Waals surface area contributed by atoms with Gasteiger partial charge in [-0.3, -0.25) is 4.98 Å². The fraction of sp³-hybridized carbons (Fsp3) is 0.143. The van der Waals surface area contributed by atoms with E-state index in [2.05, 4.69) is 9.71 Å². The number of hydrogen-bond donors (Lipinski definition) is 2. The zero-order valence-electron chi connectivity index (χ0n) is 6.55. The summed E-state index contributed by atoms with van der Waals surface area (Å²) < 4.78 is 14.3. The molecule has 6 heteroatoms. The Kier molecular flexibility index (Phi) is 3.98. The van der Waals surface area contributed by atoms with Crippen molar-refractivity contribution in [3.05, 3.63) is 23.5 Å². The third kappa shape index (κ3) is 2.32. The van der Waals surface area contributed by atoms with E-state index in [1.54, 1.807) is 6.07 Å². The Hall–Kier alpha value is -0.810. The minimum Gasteiger partial charge on any atom is -0.308 e. The average molecular weight is 220 g/mol. The van der Waals surface area contributed by atoms with Crippen molar-refractivity contribution < 1.29 is 3.89 Å². The van der Waals surface area contributed by atoms with Crippen molar-refractivity contribution in [1.29, 1.82) is 5.41 Å². The lowest BCUT2D eigenvalue weighted by Crippen LogP contribution is -1.98. The molecule has 2 N–H and O–H groups in total. The van der Waals surface area contributed by atoms with E-state index in [1.165, 1.54) is 6.20 Å². The summed E-state index contributed by atoms with van der Waals surface area (Å²) in [7, 11) is 0. The highest BCUT2D eigenvalue weighted by molar-refractivity contribution is 7.95. The van der Waals surface area contributed by atoms with Crippen molar-refractivity contribution in [1.82, 2.24) is 4.98 Å². The van der Waals surface area contributed by atoms with Gasteiger partial charge in [-0.05, 0) is 6.07 Å². The van der Waals surface area contributed by atoms with Crippen molar-refractivity contribution in [2.24, 2.45) is 0 Å². The molecule has 0 aromatic carbocycles. The van der Waals surface area contributed by atoms with Crippen molar-refractivity contribution >= 4 is 35.8 Å². The van der Waals surface area contributed by atoms with E-state index in [0.717, 1.165) is 6.21 Å². The summed E-state index contributed by atoms with van der Waals surface area (Å²) in [6.45, 7) is 0. The summed E-state index contributed by atoms with van der Waals surface area (Å²) in [5, 5.41) is 7.11.